The average Bonchev–Trinajstić information content (AvgIpc) is 1.99. The van der Waals surface area contributed by atoms with Gasteiger partial charge in [-0.25, -0.2) is 9.97 Å². The van der Waals surface area contributed by atoms with E-state index < -0.39 is 0 Å². The zero-order valence-electron chi connectivity index (χ0n) is 6.16. The normalized spacial score (nSPS) is 17.5. The van der Waals surface area contributed by atoms with Crippen LogP contribution in [0.1, 0.15) is 19.3 Å². The van der Waals surface area contributed by atoms with Crippen LogP contribution in [-0.4, -0.2) is 16.1 Å². The van der Waals surface area contributed by atoms with Gasteiger partial charge in [0.05, 0.1) is 0 Å². The molecule has 1 aliphatic carbocycles. The van der Waals surface area contributed by atoms with Gasteiger partial charge in [-0.3, -0.25) is 0 Å². The van der Waals surface area contributed by atoms with Crippen LogP contribution in [0.3, 0.4) is 0 Å². The molecule has 0 amide bonds. The quantitative estimate of drug-likeness (QED) is 0.634. The molecule has 3 heteroatoms. The van der Waals surface area contributed by atoms with E-state index in [1.807, 2.05) is 0 Å². The van der Waals surface area contributed by atoms with E-state index in [2.05, 4.69) is 16.2 Å². The van der Waals surface area contributed by atoms with Crippen molar-refractivity contribution < 1.29 is 4.74 Å². The fourth-order valence-corrected chi connectivity index (χ4v) is 0.959. The van der Waals surface area contributed by atoms with Gasteiger partial charge in [0.2, 0.25) is 5.88 Å². The Morgan fingerprint density at radius 2 is 2.36 bits per heavy atom. The first-order valence-electron chi connectivity index (χ1n) is 3.80. The molecule has 1 aromatic heterocycles. The highest BCUT2D eigenvalue weighted by Crippen LogP contribution is 2.22. The van der Waals surface area contributed by atoms with Crippen LogP contribution in [0, 0.1) is 6.20 Å². The summed E-state index contributed by atoms with van der Waals surface area (Å²) in [4.78, 5) is 7.74. The molecular weight excluding hydrogens is 140 g/mol. The maximum atomic E-state index is 5.42. The zero-order valence-corrected chi connectivity index (χ0v) is 6.16. The highest BCUT2D eigenvalue weighted by atomic mass is 16.5. The average molecular weight is 149 g/mol. The fourth-order valence-electron chi connectivity index (χ4n) is 0.959. The molecule has 0 aromatic carbocycles. The number of aromatic nitrogens is 2. The lowest BCUT2D eigenvalue weighted by Crippen LogP contribution is -2.24. The Bertz CT molecular complexity index is 221. The van der Waals surface area contributed by atoms with Gasteiger partial charge in [0.15, 0.2) is 6.20 Å². The van der Waals surface area contributed by atoms with Crippen molar-refractivity contribution in [1.29, 1.82) is 0 Å². The second-order valence-electron chi connectivity index (χ2n) is 2.64. The van der Waals surface area contributed by atoms with Crippen LogP contribution < -0.4 is 4.74 Å². The van der Waals surface area contributed by atoms with Crippen molar-refractivity contribution in [3.8, 4) is 5.88 Å². The summed E-state index contributed by atoms with van der Waals surface area (Å²) in [5, 5.41) is 0. The van der Waals surface area contributed by atoms with Gasteiger partial charge in [0.25, 0.3) is 0 Å². The Hall–Kier alpha value is -1.12. The standard InChI is InChI=1S/C8H9N2O/c1-2-7(3-1)11-8-6-9-4-5-10-8/h4-5,7H,1-3H2. The van der Waals surface area contributed by atoms with Gasteiger partial charge in [-0.2, -0.15) is 0 Å². The molecule has 1 aliphatic rings. The van der Waals surface area contributed by atoms with Crippen LogP contribution in [-0.2, 0) is 0 Å². The molecule has 11 heavy (non-hydrogen) atoms. The fraction of sp³-hybridized carbons (Fsp3) is 0.500. The predicted octanol–water partition coefficient (Wildman–Crippen LogP) is 1.21. The van der Waals surface area contributed by atoms with Crippen molar-refractivity contribution in [2.24, 2.45) is 0 Å². The summed E-state index contributed by atoms with van der Waals surface area (Å²) in [5.74, 6) is 0.525. The first-order valence-corrected chi connectivity index (χ1v) is 3.80. The number of rotatable bonds is 2. The molecule has 0 atom stereocenters. The lowest BCUT2D eigenvalue weighted by molar-refractivity contribution is 0.113. The van der Waals surface area contributed by atoms with Gasteiger partial charge in [-0.05, 0) is 19.3 Å². The third-order valence-corrected chi connectivity index (χ3v) is 1.82. The van der Waals surface area contributed by atoms with Crippen LogP contribution >= 0.6 is 0 Å². The van der Waals surface area contributed by atoms with Crippen LogP contribution in [0.25, 0.3) is 0 Å². The van der Waals surface area contributed by atoms with E-state index in [0.29, 0.717) is 12.0 Å². The molecule has 0 bridgehead atoms. The monoisotopic (exact) mass is 149 g/mol. The molecule has 2 rings (SSSR count). The van der Waals surface area contributed by atoms with Crippen LogP contribution in [0.2, 0.25) is 0 Å². The predicted molar refractivity (Wildman–Crippen MR) is 39.1 cm³/mol. The molecule has 0 spiro atoms. The second-order valence-corrected chi connectivity index (χ2v) is 2.64. The summed E-state index contributed by atoms with van der Waals surface area (Å²) in [7, 11) is 0. The van der Waals surface area contributed by atoms with Crippen molar-refractivity contribution in [3.63, 3.8) is 0 Å². The van der Waals surface area contributed by atoms with Crippen LogP contribution in [0.5, 0.6) is 5.88 Å². The lowest BCUT2D eigenvalue weighted by Gasteiger charge is -2.25. The second kappa shape index (κ2) is 2.86. The smallest absolute Gasteiger partial charge is 0.242 e. The minimum Gasteiger partial charge on any atom is -0.473 e. The maximum Gasteiger partial charge on any atom is 0.242 e. The van der Waals surface area contributed by atoms with Gasteiger partial charge in [0.1, 0.15) is 6.10 Å². The lowest BCUT2D eigenvalue weighted by atomic mass is 9.96. The molecule has 1 aromatic rings. The van der Waals surface area contributed by atoms with Crippen molar-refractivity contribution in [3.05, 3.63) is 18.6 Å². The highest BCUT2D eigenvalue weighted by Gasteiger charge is 2.19. The molecule has 1 fully saturated rings. The summed E-state index contributed by atoms with van der Waals surface area (Å²) >= 11 is 0. The number of hydrogen-bond donors (Lipinski definition) is 0. The van der Waals surface area contributed by atoms with Crippen molar-refractivity contribution in [1.82, 2.24) is 9.97 Å². The van der Waals surface area contributed by atoms with Gasteiger partial charge in [0, 0.05) is 12.4 Å². The third-order valence-electron chi connectivity index (χ3n) is 1.82. The first kappa shape index (κ1) is 6.58. The van der Waals surface area contributed by atoms with Gasteiger partial charge >= 0.3 is 0 Å². The van der Waals surface area contributed by atoms with Gasteiger partial charge in [-0.15, -0.1) is 0 Å². The van der Waals surface area contributed by atoms with E-state index in [1.54, 1.807) is 12.4 Å². The Kier molecular flexibility index (Phi) is 1.71. The van der Waals surface area contributed by atoms with E-state index in [-0.39, 0.29) is 0 Å². The molecule has 1 radical (unpaired) electrons. The Balaban J connectivity index is 1.95. The molecule has 57 valence electrons. The summed E-state index contributed by atoms with van der Waals surface area (Å²) < 4.78 is 5.42. The molecule has 0 saturated heterocycles. The Morgan fingerprint density at radius 3 is 2.91 bits per heavy atom. The van der Waals surface area contributed by atoms with E-state index >= 15 is 0 Å². The summed E-state index contributed by atoms with van der Waals surface area (Å²) in [6, 6.07) is 0. The molecule has 3 nitrogen and oxygen atoms in total. The molecule has 0 aliphatic heterocycles. The van der Waals surface area contributed by atoms with Crippen LogP contribution in [0.15, 0.2) is 12.4 Å². The van der Waals surface area contributed by atoms with Crippen molar-refractivity contribution in [2.75, 3.05) is 0 Å². The van der Waals surface area contributed by atoms with Crippen molar-refractivity contribution >= 4 is 0 Å². The minimum atomic E-state index is 0.364. The van der Waals surface area contributed by atoms with Gasteiger partial charge < -0.3 is 4.74 Å². The van der Waals surface area contributed by atoms with Crippen molar-refractivity contribution in [2.45, 2.75) is 25.4 Å². The first-order chi connectivity index (χ1) is 5.45. The minimum absolute atomic E-state index is 0.364. The van der Waals surface area contributed by atoms with Gasteiger partial charge in [-0.1, -0.05) is 0 Å². The topological polar surface area (TPSA) is 35.0 Å². The van der Waals surface area contributed by atoms with E-state index in [1.165, 1.54) is 6.42 Å². The van der Waals surface area contributed by atoms with E-state index in [4.69, 9.17) is 4.74 Å². The Morgan fingerprint density at radius 1 is 1.45 bits per heavy atom. The molecular formula is C8H9N2O. The largest absolute Gasteiger partial charge is 0.473 e. The number of nitrogens with zero attached hydrogens (tertiary/aromatic N) is 2. The summed E-state index contributed by atoms with van der Waals surface area (Å²) in [6.45, 7) is 0. The zero-order chi connectivity index (χ0) is 7.52. The van der Waals surface area contributed by atoms with E-state index in [9.17, 15) is 0 Å². The summed E-state index contributed by atoms with van der Waals surface area (Å²) in [6.07, 6.45) is 9.81. The highest BCUT2D eigenvalue weighted by molar-refractivity contribution is 5.00. The molecule has 0 unspecified atom stereocenters. The summed E-state index contributed by atoms with van der Waals surface area (Å²) in [5.41, 5.74) is 0. The maximum absolute atomic E-state index is 5.42. The SMILES string of the molecule is [c]1nccnc1OC1CCC1. The molecule has 1 heterocycles. The Labute approximate surface area is 65.4 Å². The third kappa shape index (κ3) is 1.48. The molecule has 0 N–H and O–H groups in total. The number of hydrogen-bond acceptors (Lipinski definition) is 3. The van der Waals surface area contributed by atoms with E-state index in [0.717, 1.165) is 12.8 Å². The molecule has 1 saturated carbocycles. The van der Waals surface area contributed by atoms with Crippen LogP contribution in [0.4, 0.5) is 0 Å². The number of ether oxygens (including phenoxy) is 1.